The average molecular weight is 312 g/mol. The Bertz CT molecular complexity index is 474. The molecule has 0 radical (unpaired) electrons. The van der Waals surface area contributed by atoms with Crippen LogP contribution in [0.15, 0.2) is 18.2 Å². The second-order valence-corrected chi connectivity index (χ2v) is 6.53. The van der Waals surface area contributed by atoms with Gasteiger partial charge in [-0.2, -0.15) is 0 Å². The predicted molar refractivity (Wildman–Crippen MR) is 87.0 cm³/mol. The Morgan fingerprint density at radius 1 is 1.38 bits per heavy atom. The van der Waals surface area contributed by atoms with Gasteiger partial charge in [0.05, 0.1) is 19.3 Å². The Hall–Kier alpha value is -0.610. The maximum Gasteiger partial charge on any atom is 0.0761 e. The lowest BCUT2D eigenvalue weighted by Crippen LogP contribution is -2.58. The second-order valence-electron chi connectivity index (χ2n) is 6.12. The van der Waals surface area contributed by atoms with E-state index in [4.69, 9.17) is 16.3 Å². The summed E-state index contributed by atoms with van der Waals surface area (Å²) in [5.41, 5.74) is 1.92. The zero-order valence-corrected chi connectivity index (χ0v) is 14.0. The van der Waals surface area contributed by atoms with Gasteiger partial charge in [0.15, 0.2) is 0 Å². The summed E-state index contributed by atoms with van der Waals surface area (Å²) in [4.78, 5) is 2.35. The van der Waals surface area contributed by atoms with Crippen molar-refractivity contribution in [2.75, 3.05) is 26.3 Å². The largest absolute Gasteiger partial charge is 0.391 e. The van der Waals surface area contributed by atoms with Crippen LogP contribution in [0.25, 0.3) is 0 Å². The number of rotatable bonds is 5. The molecule has 0 aliphatic carbocycles. The van der Waals surface area contributed by atoms with Crippen molar-refractivity contribution in [3.63, 3.8) is 0 Å². The maximum atomic E-state index is 10.8. The summed E-state index contributed by atoms with van der Waals surface area (Å²) in [6.07, 6.45) is 1.04. The van der Waals surface area contributed by atoms with Gasteiger partial charge in [0.2, 0.25) is 0 Å². The summed E-state index contributed by atoms with van der Waals surface area (Å²) < 4.78 is 5.43. The molecule has 0 bridgehead atoms. The van der Waals surface area contributed by atoms with E-state index in [0.29, 0.717) is 6.42 Å². The first-order valence-electron chi connectivity index (χ1n) is 7.73. The Labute approximate surface area is 132 Å². The van der Waals surface area contributed by atoms with Crippen LogP contribution in [0.3, 0.4) is 0 Å². The van der Waals surface area contributed by atoms with E-state index < -0.39 is 6.10 Å². The van der Waals surface area contributed by atoms with E-state index in [9.17, 15) is 5.11 Å². The number of morpholine rings is 1. The van der Waals surface area contributed by atoms with Crippen molar-refractivity contribution >= 4 is 11.6 Å². The van der Waals surface area contributed by atoms with Crippen molar-refractivity contribution in [3.05, 3.63) is 34.3 Å². The van der Waals surface area contributed by atoms with Gasteiger partial charge in [0.25, 0.3) is 0 Å². The van der Waals surface area contributed by atoms with Gasteiger partial charge in [0.1, 0.15) is 0 Å². The highest BCUT2D eigenvalue weighted by Crippen LogP contribution is 2.29. The van der Waals surface area contributed by atoms with Crippen molar-refractivity contribution in [2.24, 2.45) is 0 Å². The molecule has 2 unspecified atom stereocenters. The highest BCUT2D eigenvalue weighted by molar-refractivity contribution is 6.31. The lowest BCUT2D eigenvalue weighted by Gasteiger charge is -2.46. The number of halogens is 1. The topological polar surface area (TPSA) is 32.7 Å². The van der Waals surface area contributed by atoms with Gasteiger partial charge in [-0.25, -0.2) is 0 Å². The van der Waals surface area contributed by atoms with Crippen LogP contribution in [-0.4, -0.2) is 48.0 Å². The van der Waals surface area contributed by atoms with E-state index >= 15 is 0 Å². The molecule has 1 saturated heterocycles. The molecule has 21 heavy (non-hydrogen) atoms. The molecule has 3 nitrogen and oxygen atoms in total. The molecular weight excluding hydrogens is 286 g/mol. The van der Waals surface area contributed by atoms with Gasteiger partial charge < -0.3 is 9.84 Å². The molecule has 1 aliphatic heterocycles. The van der Waals surface area contributed by atoms with Crippen LogP contribution < -0.4 is 0 Å². The number of aryl methyl sites for hydroxylation is 1. The fourth-order valence-corrected chi connectivity index (χ4v) is 3.30. The molecule has 1 aromatic rings. The monoisotopic (exact) mass is 311 g/mol. The molecule has 0 amide bonds. The second kappa shape index (κ2) is 7.10. The fraction of sp³-hybridized carbons (Fsp3) is 0.647. The molecule has 1 fully saturated rings. The molecule has 0 spiro atoms. The SMILES string of the molecule is CCC(C)(C(O)Cc1ccc(C)cc1Cl)N1CCOCC1. The molecule has 1 heterocycles. The Kier molecular flexibility index (Phi) is 5.67. The molecule has 4 heteroatoms. The van der Waals surface area contributed by atoms with E-state index in [1.54, 1.807) is 0 Å². The van der Waals surface area contributed by atoms with Crippen LogP contribution >= 0.6 is 11.6 Å². The van der Waals surface area contributed by atoms with E-state index in [2.05, 4.69) is 18.7 Å². The third-order valence-corrected chi connectivity index (χ3v) is 5.14. The molecule has 1 aromatic carbocycles. The standard InChI is InChI=1S/C17H26ClNO2/c1-4-17(3,19-7-9-21-10-8-19)16(20)12-14-6-5-13(2)11-15(14)18/h5-6,11,16,20H,4,7-10,12H2,1-3H3. The Morgan fingerprint density at radius 2 is 2.05 bits per heavy atom. The van der Waals surface area contributed by atoms with Gasteiger partial charge in [0, 0.05) is 30.1 Å². The van der Waals surface area contributed by atoms with Crippen molar-refractivity contribution in [3.8, 4) is 0 Å². The van der Waals surface area contributed by atoms with Crippen LogP contribution in [0.4, 0.5) is 0 Å². The number of aliphatic hydroxyl groups excluding tert-OH is 1. The van der Waals surface area contributed by atoms with Crippen molar-refractivity contribution < 1.29 is 9.84 Å². The highest BCUT2D eigenvalue weighted by atomic mass is 35.5. The van der Waals surface area contributed by atoms with Gasteiger partial charge in [-0.1, -0.05) is 30.7 Å². The van der Waals surface area contributed by atoms with Crippen LogP contribution in [0.1, 0.15) is 31.4 Å². The zero-order valence-electron chi connectivity index (χ0n) is 13.2. The summed E-state index contributed by atoms with van der Waals surface area (Å²) in [6.45, 7) is 9.55. The third-order valence-electron chi connectivity index (χ3n) is 4.79. The molecule has 2 rings (SSSR count). The minimum atomic E-state index is -0.444. The van der Waals surface area contributed by atoms with Gasteiger partial charge >= 0.3 is 0 Å². The summed E-state index contributed by atoms with van der Waals surface area (Å²) in [7, 11) is 0. The molecular formula is C17H26ClNO2. The summed E-state index contributed by atoms with van der Waals surface area (Å²) >= 11 is 6.31. The smallest absolute Gasteiger partial charge is 0.0761 e. The van der Waals surface area contributed by atoms with Gasteiger partial charge in [-0.15, -0.1) is 0 Å². The number of hydrogen-bond donors (Lipinski definition) is 1. The van der Waals surface area contributed by atoms with E-state index in [1.807, 2.05) is 25.1 Å². The van der Waals surface area contributed by atoms with Gasteiger partial charge in [-0.3, -0.25) is 4.90 Å². The molecule has 2 atom stereocenters. The van der Waals surface area contributed by atoms with Crippen molar-refractivity contribution in [1.82, 2.24) is 4.90 Å². The molecule has 0 saturated carbocycles. The number of aliphatic hydroxyl groups is 1. The summed E-state index contributed by atoms with van der Waals surface area (Å²) in [5.74, 6) is 0. The normalized spacial score (nSPS) is 21.0. The Balaban J connectivity index is 2.13. The van der Waals surface area contributed by atoms with E-state index in [1.165, 1.54) is 0 Å². The van der Waals surface area contributed by atoms with Crippen LogP contribution in [0.5, 0.6) is 0 Å². The molecule has 118 valence electrons. The highest BCUT2D eigenvalue weighted by Gasteiger charge is 2.38. The van der Waals surface area contributed by atoms with E-state index in [0.717, 1.165) is 48.9 Å². The number of ether oxygens (including phenoxy) is 1. The lowest BCUT2D eigenvalue weighted by molar-refractivity contribution is -0.0714. The molecule has 1 aliphatic rings. The van der Waals surface area contributed by atoms with Crippen LogP contribution in [-0.2, 0) is 11.2 Å². The number of nitrogens with zero attached hydrogens (tertiary/aromatic N) is 1. The number of hydrogen-bond acceptors (Lipinski definition) is 3. The summed E-state index contributed by atoms with van der Waals surface area (Å²) in [5, 5.41) is 11.6. The third kappa shape index (κ3) is 3.78. The minimum Gasteiger partial charge on any atom is -0.391 e. The Morgan fingerprint density at radius 3 is 2.62 bits per heavy atom. The first-order chi connectivity index (χ1) is 9.97. The quantitative estimate of drug-likeness (QED) is 0.907. The maximum absolute atomic E-state index is 10.8. The van der Waals surface area contributed by atoms with Gasteiger partial charge in [-0.05, 0) is 37.5 Å². The average Bonchev–Trinajstić information content (AvgIpc) is 2.50. The minimum absolute atomic E-state index is 0.238. The summed E-state index contributed by atoms with van der Waals surface area (Å²) in [6, 6.07) is 6.03. The zero-order chi connectivity index (χ0) is 15.5. The fourth-order valence-electron chi connectivity index (χ4n) is 2.99. The number of benzene rings is 1. The predicted octanol–water partition coefficient (Wildman–Crippen LogP) is 3.05. The van der Waals surface area contributed by atoms with Crippen molar-refractivity contribution in [2.45, 2.75) is 45.3 Å². The molecule has 1 N–H and O–H groups in total. The first-order valence-corrected chi connectivity index (χ1v) is 8.11. The van der Waals surface area contributed by atoms with Crippen LogP contribution in [0, 0.1) is 6.92 Å². The molecule has 0 aromatic heterocycles. The first kappa shape index (κ1) is 16.8. The lowest BCUT2D eigenvalue weighted by atomic mass is 9.85. The van der Waals surface area contributed by atoms with E-state index in [-0.39, 0.29) is 5.54 Å². The van der Waals surface area contributed by atoms with Crippen LogP contribution in [0.2, 0.25) is 5.02 Å². The van der Waals surface area contributed by atoms with Crippen molar-refractivity contribution in [1.29, 1.82) is 0 Å².